The minimum Gasteiger partial charge on any atom is -0.388 e. The molecule has 1 aromatic carbocycles. The van der Waals surface area contributed by atoms with Crippen LogP contribution in [0.5, 0.6) is 0 Å². The summed E-state index contributed by atoms with van der Waals surface area (Å²) in [6.07, 6.45) is 0.221. The Morgan fingerprint density at radius 3 is 2.42 bits per heavy atom. The second kappa shape index (κ2) is 4.24. The molecule has 0 fully saturated rings. The zero-order valence-corrected chi connectivity index (χ0v) is 7.33. The lowest BCUT2D eigenvalue weighted by atomic mass is 10.1. The minimum absolute atomic E-state index is 0.407. The number of hydrogen-bond acceptors (Lipinski definition) is 2. The third-order valence-electron chi connectivity index (χ3n) is 1.90. The van der Waals surface area contributed by atoms with Gasteiger partial charge in [-0.25, -0.2) is 0 Å². The molecule has 2 nitrogen and oxygen atoms in total. The number of aliphatic hydroxyl groups excluding tert-OH is 1. The van der Waals surface area contributed by atoms with Crippen LogP contribution in [0.25, 0.3) is 0 Å². The Bertz CT molecular complexity index is 230. The average Bonchev–Trinajstić information content (AvgIpc) is 2.06. The predicted molar refractivity (Wildman–Crippen MR) is 49.8 cm³/mol. The standard InChI is InChI=1S/C10H15NO/c1-8-2-4-9(5-3-8)10(12)6-7-11/h2-5,10,12H,6-7,11H2,1H3/t10-/m0/s1. The van der Waals surface area contributed by atoms with Crippen molar-refractivity contribution in [2.24, 2.45) is 5.73 Å². The highest BCUT2D eigenvalue weighted by atomic mass is 16.3. The average molecular weight is 165 g/mol. The molecule has 0 amide bonds. The molecule has 0 unspecified atom stereocenters. The Morgan fingerprint density at radius 1 is 1.33 bits per heavy atom. The maximum absolute atomic E-state index is 9.53. The highest BCUT2D eigenvalue weighted by Crippen LogP contribution is 2.15. The third kappa shape index (κ3) is 2.32. The van der Waals surface area contributed by atoms with Crippen molar-refractivity contribution in [2.75, 3.05) is 6.54 Å². The summed E-state index contributed by atoms with van der Waals surface area (Å²) in [4.78, 5) is 0. The largest absolute Gasteiger partial charge is 0.388 e. The van der Waals surface area contributed by atoms with E-state index in [1.165, 1.54) is 5.56 Å². The van der Waals surface area contributed by atoms with E-state index in [4.69, 9.17) is 5.73 Å². The van der Waals surface area contributed by atoms with E-state index in [0.717, 1.165) is 5.56 Å². The number of rotatable bonds is 3. The first-order chi connectivity index (χ1) is 5.74. The van der Waals surface area contributed by atoms with Crippen LogP contribution in [0.3, 0.4) is 0 Å². The van der Waals surface area contributed by atoms with Gasteiger partial charge in [-0.05, 0) is 25.5 Å². The molecule has 1 aromatic rings. The van der Waals surface area contributed by atoms with Gasteiger partial charge in [0.1, 0.15) is 0 Å². The van der Waals surface area contributed by atoms with Crippen LogP contribution in [0.15, 0.2) is 24.3 Å². The minimum atomic E-state index is -0.407. The molecule has 0 saturated heterocycles. The van der Waals surface area contributed by atoms with E-state index in [0.29, 0.717) is 13.0 Å². The second-order valence-corrected chi connectivity index (χ2v) is 3.00. The molecule has 0 aliphatic heterocycles. The van der Waals surface area contributed by atoms with Gasteiger partial charge in [0.05, 0.1) is 6.10 Å². The summed E-state index contributed by atoms with van der Waals surface area (Å²) in [6.45, 7) is 2.55. The fourth-order valence-corrected chi connectivity index (χ4v) is 1.11. The molecule has 0 radical (unpaired) electrons. The van der Waals surface area contributed by atoms with Gasteiger partial charge in [0.25, 0.3) is 0 Å². The maximum Gasteiger partial charge on any atom is 0.0802 e. The molecule has 0 spiro atoms. The Balaban J connectivity index is 2.68. The molecule has 0 saturated carbocycles. The van der Waals surface area contributed by atoms with Crippen molar-refractivity contribution in [3.05, 3.63) is 35.4 Å². The lowest BCUT2D eigenvalue weighted by molar-refractivity contribution is 0.170. The molecule has 3 N–H and O–H groups in total. The number of nitrogens with two attached hydrogens (primary N) is 1. The van der Waals surface area contributed by atoms with Crippen LogP contribution in [0.2, 0.25) is 0 Å². The molecule has 0 heterocycles. The molecule has 2 heteroatoms. The molecule has 0 bridgehead atoms. The predicted octanol–water partition coefficient (Wildman–Crippen LogP) is 1.38. The van der Waals surface area contributed by atoms with Crippen molar-refractivity contribution in [2.45, 2.75) is 19.4 Å². The zero-order chi connectivity index (χ0) is 8.97. The Kier molecular flexibility index (Phi) is 3.26. The summed E-state index contributed by atoms with van der Waals surface area (Å²) in [5.74, 6) is 0. The fourth-order valence-electron chi connectivity index (χ4n) is 1.11. The van der Waals surface area contributed by atoms with Crippen molar-refractivity contribution in [3.63, 3.8) is 0 Å². The summed E-state index contributed by atoms with van der Waals surface area (Å²) in [7, 11) is 0. The quantitative estimate of drug-likeness (QED) is 0.710. The molecule has 0 aliphatic rings. The van der Waals surface area contributed by atoms with Crippen LogP contribution in [0.1, 0.15) is 23.7 Å². The smallest absolute Gasteiger partial charge is 0.0802 e. The van der Waals surface area contributed by atoms with Crippen molar-refractivity contribution >= 4 is 0 Å². The first-order valence-electron chi connectivity index (χ1n) is 4.18. The zero-order valence-electron chi connectivity index (χ0n) is 7.33. The SMILES string of the molecule is Cc1ccc([C@@H](O)CCN)cc1. The summed E-state index contributed by atoms with van der Waals surface area (Å²) in [5, 5.41) is 9.53. The van der Waals surface area contributed by atoms with Crippen LogP contribution in [-0.2, 0) is 0 Å². The van der Waals surface area contributed by atoms with Crippen LogP contribution in [-0.4, -0.2) is 11.7 Å². The summed E-state index contributed by atoms with van der Waals surface area (Å²) >= 11 is 0. The lowest BCUT2D eigenvalue weighted by Crippen LogP contribution is -2.06. The highest BCUT2D eigenvalue weighted by Gasteiger charge is 2.04. The van der Waals surface area contributed by atoms with Crippen molar-refractivity contribution in [1.29, 1.82) is 0 Å². The van der Waals surface area contributed by atoms with Crippen LogP contribution in [0, 0.1) is 6.92 Å². The summed E-state index contributed by atoms with van der Waals surface area (Å²) < 4.78 is 0. The van der Waals surface area contributed by atoms with Crippen molar-refractivity contribution < 1.29 is 5.11 Å². The van der Waals surface area contributed by atoms with Gasteiger partial charge in [0.15, 0.2) is 0 Å². The molecule has 1 atom stereocenters. The van der Waals surface area contributed by atoms with Crippen LogP contribution >= 0.6 is 0 Å². The molecule has 1 rings (SSSR count). The molecule has 12 heavy (non-hydrogen) atoms. The fraction of sp³-hybridized carbons (Fsp3) is 0.400. The second-order valence-electron chi connectivity index (χ2n) is 3.00. The number of benzene rings is 1. The topological polar surface area (TPSA) is 46.2 Å². The highest BCUT2D eigenvalue weighted by molar-refractivity contribution is 5.22. The molecule has 0 aromatic heterocycles. The number of aryl methyl sites for hydroxylation is 1. The van der Waals surface area contributed by atoms with E-state index in [2.05, 4.69) is 0 Å². The van der Waals surface area contributed by atoms with Gasteiger partial charge >= 0.3 is 0 Å². The number of aliphatic hydroxyl groups is 1. The van der Waals surface area contributed by atoms with Crippen molar-refractivity contribution in [3.8, 4) is 0 Å². The Hall–Kier alpha value is -0.860. The first kappa shape index (κ1) is 9.23. The Morgan fingerprint density at radius 2 is 1.92 bits per heavy atom. The van der Waals surface area contributed by atoms with E-state index in [9.17, 15) is 5.11 Å². The summed E-state index contributed by atoms with van der Waals surface area (Å²) in [5.41, 5.74) is 7.49. The summed E-state index contributed by atoms with van der Waals surface area (Å²) in [6, 6.07) is 7.87. The van der Waals surface area contributed by atoms with E-state index in [-0.39, 0.29) is 0 Å². The monoisotopic (exact) mass is 165 g/mol. The lowest BCUT2D eigenvalue weighted by Gasteiger charge is -2.08. The first-order valence-corrected chi connectivity index (χ1v) is 4.18. The Labute approximate surface area is 73.0 Å². The van der Waals surface area contributed by atoms with E-state index in [1.54, 1.807) is 0 Å². The van der Waals surface area contributed by atoms with E-state index >= 15 is 0 Å². The van der Waals surface area contributed by atoms with Crippen LogP contribution < -0.4 is 5.73 Å². The molecule has 0 aliphatic carbocycles. The van der Waals surface area contributed by atoms with Gasteiger partial charge in [-0.3, -0.25) is 0 Å². The molecular formula is C10H15NO. The van der Waals surface area contributed by atoms with Gasteiger partial charge in [-0.2, -0.15) is 0 Å². The van der Waals surface area contributed by atoms with Gasteiger partial charge in [0.2, 0.25) is 0 Å². The number of hydrogen-bond donors (Lipinski definition) is 2. The van der Waals surface area contributed by atoms with Gasteiger partial charge in [-0.15, -0.1) is 0 Å². The molecule has 66 valence electrons. The van der Waals surface area contributed by atoms with E-state index < -0.39 is 6.10 Å². The maximum atomic E-state index is 9.53. The van der Waals surface area contributed by atoms with Gasteiger partial charge < -0.3 is 10.8 Å². The normalized spacial score (nSPS) is 12.9. The van der Waals surface area contributed by atoms with Gasteiger partial charge in [0, 0.05) is 0 Å². The van der Waals surface area contributed by atoms with E-state index in [1.807, 2.05) is 31.2 Å². The van der Waals surface area contributed by atoms with Gasteiger partial charge in [-0.1, -0.05) is 29.8 Å². The van der Waals surface area contributed by atoms with Crippen LogP contribution in [0.4, 0.5) is 0 Å². The molecular weight excluding hydrogens is 150 g/mol. The third-order valence-corrected chi connectivity index (χ3v) is 1.90. The van der Waals surface area contributed by atoms with Crippen molar-refractivity contribution in [1.82, 2.24) is 0 Å².